The van der Waals surface area contributed by atoms with Crippen molar-refractivity contribution in [3.63, 3.8) is 0 Å². The van der Waals surface area contributed by atoms with Gasteiger partial charge in [0.1, 0.15) is 11.5 Å². The highest BCUT2D eigenvalue weighted by molar-refractivity contribution is 7.31. The molecule has 7 heteroatoms. The highest BCUT2D eigenvalue weighted by atomic mass is 32.1. The van der Waals surface area contributed by atoms with E-state index in [9.17, 15) is 0 Å². The van der Waals surface area contributed by atoms with E-state index in [4.69, 9.17) is 9.97 Å². The second-order valence-corrected chi connectivity index (χ2v) is 26.6. The SMILES string of the molecule is c1ccc([Si](c2ccccc2)(c2cccc(N3c4ccccc4[Si](c4ccccc4)(c4ccccc4)c4c3ncc3c4sc4ccccc43)c2)c2ccc3c4ccccc4n4ccnc4c3c2)cc1. The maximum atomic E-state index is 5.69. The summed E-state index contributed by atoms with van der Waals surface area (Å²) < 4.78 is 4.83. The molecule has 0 saturated heterocycles. The molecule has 0 fully saturated rings. The number of imidazole rings is 1. The standard InChI is InChI=1S/C62H42N4SSi2/c1-5-21-44(22-6-1)68(45-23-7-2-8-24-45,49-36-37-50-51-30-13-15-32-55(51)65-39-38-63-61(65)53(50)41-49)48-29-19-20-43(40-48)66-56-33-16-18-35-58(56)69(46-25-9-3-10-26-46,47-27-11-4-12-28-47)60-59-54(42-64-62(60)66)52-31-14-17-34-57(52)67-59/h1-42H. The van der Waals surface area contributed by atoms with E-state index in [1.54, 1.807) is 0 Å². The number of para-hydroxylation sites is 2. The van der Waals surface area contributed by atoms with Gasteiger partial charge < -0.3 is 0 Å². The molecule has 0 amide bonds. The minimum Gasteiger partial charge on any atom is -0.299 e. The quantitative estimate of drug-likeness (QED) is 0.0908. The van der Waals surface area contributed by atoms with Crippen LogP contribution in [0.3, 0.4) is 0 Å². The van der Waals surface area contributed by atoms with Crippen LogP contribution in [0.5, 0.6) is 0 Å². The molecule has 1 aliphatic rings. The minimum atomic E-state index is -3.10. The molecule has 0 bridgehead atoms. The topological polar surface area (TPSA) is 33.4 Å². The van der Waals surface area contributed by atoms with E-state index in [1.807, 2.05) is 17.5 Å². The molecule has 69 heavy (non-hydrogen) atoms. The monoisotopic (exact) mass is 930 g/mol. The van der Waals surface area contributed by atoms with Crippen molar-refractivity contribution >= 4 is 134 Å². The van der Waals surface area contributed by atoms with Gasteiger partial charge in [0.15, 0.2) is 16.1 Å². The number of hydrogen-bond donors (Lipinski definition) is 0. The first-order valence-corrected chi connectivity index (χ1v) is 28.4. The smallest absolute Gasteiger partial charge is 0.188 e. The van der Waals surface area contributed by atoms with Crippen LogP contribution in [0.1, 0.15) is 0 Å². The first kappa shape index (κ1) is 39.9. The summed E-state index contributed by atoms with van der Waals surface area (Å²) >= 11 is 1.91. The molecule has 14 rings (SSSR count). The van der Waals surface area contributed by atoms with Gasteiger partial charge in [0, 0.05) is 66.1 Å². The lowest BCUT2D eigenvalue weighted by Gasteiger charge is -2.44. The number of aromatic nitrogens is 3. The summed E-state index contributed by atoms with van der Waals surface area (Å²) in [5.74, 6) is 0.996. The van der Waals surface area contributed by atoms with Gasteiger partial charge in [-0.3, -0.25) is 9.30 Å². The van der Waals surface area contributed by atoms with E-state index in [0.29, 0.717) is 0 Å². The molecule has 0 aliphatic carbocycles. The zero-order valence-electron chi connectivity index (χ0n) is 37.4. The summed E-state index contributed by atoms with van der Waals surface area (Å²) in [6.45, 7) is 0. The largest absolute Gasteiger partial charge is 0.299 e. The molecule has 9 aromatic carbocycles. The lowest BCUT2D eigenvalue weighted by Crippen LogP contribution is -2.77. The van der Waals surface area contributed by atoms with Gasteiger partial charge in [-0.15, -0.1) is 11.3 Å². The van der Waals surface area contributed by atoms with Crippen LogP contribution in [0.4, 0.5) is 17.2 Å². The fourth-order valence-corrected chi connectivity index (χ4v) is 23.5. The zero-order valence-corrected chi connectivity index (χ0v) is 40.3. The van der Waals surface area contributed by atoms with E-state index >= 15 is 0 Å². The molecule has 0 unspecified atom stereocenters. The Balaban J connectivity index is 1.09. The second kappa shape index (κ2) is 15.7. The maximum absolute atomic E-state index is 5.69. The van der Waals surface area contributed by atoms with E-state index in [-0.39, 0.29) is 0 Å². The van der Waals surface area contributed by atoms with E-state index in [1.165, 1.54) is 78.1 Å². The van der Waals surface area contributed by atoms with Crippen molar-refractivity contribution in [2.75, 3.05) is 4.90 Å². The summed E-state index contributed by atoms with van der Waals surface area (Å²) in [6.07, 6.45) is 6.17. The number of benzene rings is 9. The van der Waals surface area contributed by atoms with Gasteiger partial charge in [-0.2, -0.15) is 0 Å². The Bertz CT molecular complexity index is 4020. The van der Waals surface area contributed by atoms with E-state index in [2.05, 4.69) is 258 Å². The molecule has 1 aliphatic heterocycles. The van der Waals surface area contributed by atoms with Gasteiger partial charge in [-0.25, -0.2) is 9.97 Å². The Labute approximate surface area is 405 Å². The third-order valence-electron chi connectivity index (χ3n) is 14.7. The van der Waals surface area contributed by atoms with Crippen molar-refractivity contribution in [3.05, 3.63) is 255 Å². The molecule has 0 radical (unpaired) electrons. The van der Waals surface area contributed by atoms with Crippen LogP contribution in [0, 0.1) is 0 Å². The summed E-state index contributed by atoms with van der Waals surface area (Å²) in [6, 6.07) is 88.6. The molecular weight excluding hydrogens is 889 g/mol. The Hall–Kier alpha value is -8.21. The lowest BCUT2D eigenvalue weighted by molar-refractivity contribution is 1.20. The molecule has 0 saturated carbocycles. The summed E-state index contributed by atoms with van der Waals surface area (Å²) in [5, 5.41) is 16.6. The normalized spacial score (nSPS) is 13.3. The summed E-state index contributed by atoms with van der Waals surface area (Å²) in [4.78, 5) is 13.2. The predicted molar refractivity (Wildman–Crippen MR) is 296 cm³/mol. The van der Waals surface area contributed by atoms with Gasteiger partial charge >= 0.3 is 0 Å². The van der Waals surface area contributed by atoms with E-state index in [0.717, 1.165) is 28.1 Å². The Morgan fingerprint density at radius 2 is 1.06 bits per heavy atom. The van der Waals surface area contributed by atoms with Crippen molar-refractivity contribution in [1.82, 2.24) is 14.4 Å². The lowest BCUT2D eigenvalue weighted by atomic mass is 10.1. The van der Waals surface area contributed by atoms with Crippen molar-refractivity contribution < 1.29 is 0 Å². The molecule has 0 atom stereocenters. The van der Waals surface area contributed by atoms with Gasteiger partial charge in [-0.1, -0.05) is 206 Å². The molecular formula is C62H42N4SSi2. The van der Waals surface area contributed by atoms with Gasteiger partial charge in [0.25, 0.3) is 0 Å². The van der Waals surface area contributed by atoms with Crippen LogP contribution in [0.25, 0.3) is 47.5 Å². The first-order chi connectivity index (χ1) is 34.2. The number of nitrogens with zero attached hydrogens (tertiary/aromatic N) is 4. The zero-order chi connectivity index (χ0) is 45.5. The number of thiophene rings is 1. The molecule has 5 heterocycles. The number of anilines is 3. The minimum absolute atomic E-state index is 0.966. The predicted octanol–water partition coefficient (Wildman–Crippen LogP) is 9.94. The molecule has 324 valence electrons. The third kappa shape index (κ3) is 5.72. The van der Waals surface area contributed by atoms with Crippen molar-refractivity contribution in [2.45, 2.75) is 0 Å². The highest BCUT2D eigenvalue weighted by Crippen LogP contribution is 2.42. The van der Waals surface area contributed by atoms with Crippen LogP contribution in [0.2, 0.25) is 0 Å². The summed E-state index contributed by atoms with van der Waals surface area (Å²) in [7, 11) is -6.14. The number of fused-ring (bicyclic) bond motifs is 12. The number of rotatable bonds is 7. The van der Waals surface area contributed by atoms with Crippen LogP contribution in [0.15, 0.2) is 255 Å². The van der Waals surface area contributed by atoms with Crippen molar-refractivity contribution in [1.29, 1.82) is 0 Å². The van der Waals surface area contributed by atoms with Crippen molar-refractivity contribution in [3.8, 4) is 0 Å². The molecule has 4 aromatic heterocycles. The third-order valence-corrected chi connectivity index (χ3v) is 25.7. The van der Waals surface area contributed by atoms with Crippen LogP contribution < -0.4 is 46.4 Å². The Kier molecular flexibility index (Phi) is 9.07. The molecule has 0 spiro atoms. The average Bonchev–Trinajstić information content (AvgIpc) is 4.08. The summed E-state index contributed by atoms with van der Waals surface area (Å²) in [5.41, 5.74) is 4.38. The molecule has 4 nitrogen and oxygen atoms in total. The fraction of sp³-hybridized carbons (Fsp3) is 0. The van der Waals surface area contributed by atoms with Crippen molar-refractivity contribution in [2.24, 2.45) is 0 Å². The Morgan fingerprint density at radius 3 is 1.80 bits per heavy atom. The average molecular weight is 931 g/mol. The van der Waals surface area contributed by atoms with Gasteiger partial charge in [0.05, 0.1) is 5.52 Å². The highest BCUT2D eigenvalue weighted by Gasteiger charge is 2.51. The van der Waals surface area contributed by atoms with Crippen LogP contribution in [-0.2, 0) is 0 Å². The molecule has 0 N–H and O–H groups in total. The Morgan fingerprint density at radius 1 is 0.449 bits per heavy atom. The van der Waals surface area contributed by atoms with E-state index < -0.39 is 16.1 Å². The van der Waals surface area contributed by atoms with Crippen LogP contribution in [-0.4, -0.2) is 30.5 Å². The second-order valence-electron chi connectivity index (χ2n) is 18.1. The van der Waals surface area contributed by atoms with Gasteiger partial charge in [0.2, 0.25) is 0 Å². The maximum Gasteiger partial charge on any atom is 0.188 e. The molecule has 13 aromatic rings. The fourth-order valence-electron chi connectivity index (χ4n) is 11.9. The number of hydrogen-bond acceptors (Lipinski definition) is 4. The van der Waals surface area contributed by atoms with Crippen LogP contribution >= 0.6 is 11.3 Å². The van der Waals surface area contributed by atoms with Gasteiger partial charge in [-0.05, 0) is 72.0 Å². The number of pyridine rings is 2. The first-order valence-electron chi connectivity index (χ1n) is 23.6.